The van der Waals surface area contributed by atoms with Crippen LogP contribution in [0, 0.1) is 13.8 Å². The molecule has 1 N–H and O–H groups in total. The number of nitrogens with one attached hydrogen (secondary N) is 1. The van der Waals surface area contributed by atoms with E-state index in [-0.39, 0.29) is 18.5 Å². The largest absolute Gasteiger partial charge is 0.346 e. The number of carbonyl (C=O) groups excluding carboxylic acids is 2. The fourth-order valence-electron chi connectivity index (χ4n) is 3.38. The van der Waals surface area contributed by atoms with Gasteiger partial charge in [0.15, 0.2) is 0 Å². The highest BCUT2D eigenvalue weighted by Gasteiger charge is 2.33. The number of carbonyl (C=O) groups is 2. The van der Waals surface area contributed by atoms with Gasteiger partial charge in [0.1, 0.15) is 5.70 Å². The van der Waals surface area contributed by atoms with E-state index in [2.05, 4.69) is 23.7 Å². The Morgan fingerprint density at radius 3 is 2.40 bits per heavy atom. The summed E-state index contributed by atoms with van der Waals surface area (Å²) < 4.78 is 2.22. The van der Waals surface area contributed by atoms with Crippen molar-refractivity contribution < 1.29 is 9.59 Å². The van der Waals surface area contributed by atoms with Crippen LogP contribution in [0.1, 0.15) is 42.4 Å². The van der Waals surface area contributed by atoms with Gasteiger partial charge >= 0.3 is 6.03 Å². The number of amides is 3. The van der Waals surface area contributed by atoms with Crippen LogP contribution in [0.5, 0.6) is 0 Å². The lowest BCUT2D eigenvalue weighted by Crippen LogP contribution is -2.30. The Morgan fingerprint density at radius 1 is 1.12 bits per heavy atom. The third-order valence-corrected chi connectivity index (χ3v) is 4.49. The third-order valence-electron chi connectivity index (χ3n) is 4.49. The Hall–Kier alpha value is -2.82. The van der Waals surface area contributed by atoms with Crippen molar-refractivity contribution in [3.05, 3.63) is 64.6 Å². The van der Waals surface area contributed by atoms with Crippen molar-refractivity contribution in [1.82, 2.24) is 14.8 Å². The molecule has 1 fully saturated rings. The minimum Gasteiger partial charge on any atom is -0.346 e. The number of aromatic nitrogens is 1. The van der Waals surface area contributed by atoms with Gasteiger partial charge in [0.2, 0.25) is 0 Å². The second-order valence-corrected chi connectivity index (χ2v) is 6.66. The molecule has 1 aliphatic rings. The summed E-state index contributed by atoms with van der Waals surface area (Å²) in [4.78, 5) is 26.1. The van der Waals surface area contributed by atoms with Gasteiger partial charge in [-0.2, -0.15) is 0 Å². The van der Waals surface area contributed by atoms with Gasteiger partial charge in [-0.15, -0.1) is 0 Å². The van der Waals surface area contributed by atoms with Gasteiger partial charge in [0, 0.05) is 17.4 Å². The first-order valence-corrected chi connectivity index (χ1v) is 8.45. The maximum absolute atomic E-state index is 12.6. The Bertz CT molecular complexity index is 847. The molecular formula is C20H23N3O2. The summed E-state index contributed by atoms with van der Waals surface area (Å²) in [6.07, 6.45) is 1.77. The van der Waals surface area contributed by atoms with E-state index in [0.717, 1.165) is 22.5 Å². The normalized spacial score (nSPS) is 16.2. The first-order valence-electron chi connectivity index (χ1n) is 8.45. The van der Waals surface area contributed by atoms with E-state index in [9.17, 15) is 9.59 Å². The lowest BCUT2D eigenvalue weighted by Gasteiger charge is -2.13. The predicted octanol–water partition coefficient (Wildman–Crippen LogP) is 3.78. The predicted molar refractivity (Wildman–Crippen MR) is 97.8 cm³/mol. The van der Waals surface area contributed by atoms with Crippen LogP contribution in [-0.2, 0) is 11.3 Å². The molecule has 3 rings (SSSR count). The number of aryl methyl sites for hydroxylation is 1. The van der Waals surface area contributed by atoms with E-state index in [1.54, 1.807) is 6.08 Å². The molecule has 1 aromatic heterocycles. The molecular weight excluding hydrogens is 314 g/mol. The Morgan fingerprint density at radius 2 is 1.80 bits per heavy atom. The molecule has 1 saturated heterocycles. The van der Waals surface area contributed by atoms with Crippen molar-refractivity contribution in [2.24, 2.45) is 0 Å². The van der Waals surface area contributed by atoms with Gasteiger partial charge in [-0.1, -0.05) is 30.3 Å². The molecule has 0 atom stereocenters. The first kappa shape index (κ1) is 17.0. The van der Waals surface area contributed by atoms with E-state index >= 15 is 0 Å². The number of nitrogens with zero attached hydrogens (tertiary/aromatic N) is 2. The number of urea groups is 1. The molecule has 130 valence electrons. The maximum atomic E-state index is 12.6. The average molecular weight is 337 g/mol. The number of hydrogen-bond donors (Lipinski definition) is 1. The molecule has 3 amide bonds. The molecule has 0 bridgehead atoms. The molecule has 1 aliphatic heterocycles. The molecule has 0 aliphatic carbocycles. The fourth-order valence-corrected chi connectivity index (χ4v) is 3.38. The Balaban J connectivity index is 1.87. The van der Waals surface area contributed by atoms with Gasteiger partial charge in [0.25, 0.3) is 5.91 Å². The summed E-state index contributed by atoms with van der Waals surface area (Å²) in [6, 6.07) is 11.5. The van der Waals surface area contributed by atoms with Crippen molar-refractivity contribution >= 4 is 18.0 Å². The van der Waals surface area contributed by atoms with Gasteiger partial charge in [-0.05, 0) is 51.0 Å². The third kappa shape index (κ3) is 3.22. The van der Waals surface area contributed by atoms with Gasteiger partial charge in [-0.3, -0.25) is 9.69 Å². The summed E-state index contributed by atoms with van der Waals surface area (Å²) in [7, 11) is 0. The van der Waals surface area contributed by atoms with Crippen LogP contribution >= 0.6 is 0 Å². The summed E-state index contributed by atoms with van der Waals surface area (Å²) in [6.45, 7) is 8.60. The zero-order valence-electron chi connectivity index (χ0n) is 15.0. The summed E-state index contributed by atoms with van der Waals surface area (Å²) in [5.74, 6) is -0.289. The molecule has 0 saturated carbocycles. The van der Waals surface area contributed by atoms with Crippen LogP contribution in [0.15, 0.2) is 42.1 Å². The molecule has 0 spiro atoms. The minimum atomic E-state index is -0.377. The number of hydrogen-bond acceptors (Lipinski definition) is 2. The fraction of sp³-hybridized carbons (Fsp3) is 0.300. The van der Waals surface area contributed by atoms with Crippen molar-refractivity contribution in [3.8, 4) is 0 Å². The summed E-state index contributed by atoms with van der Waals surface area (Å²) in [5.41, 5.74) is 4.42. The van der Waals surface area contributed by atoms with Gasteiger partial charge in [-0.25, -0.2) is 4.79 Å². The topological polar surface area (TPSA) is 54.3 Å². The monoisotopic (exact) mass is 337 g/mol. The number of rotatable bonds is 4. The standard InChI is InChI=1S/C20H23N3O2/c1-13(2)23-14(3)10-17(15(23)4)11-18-19(24)22(20(25)21-18)12-16-8-6-5-7-9-16/h5-11,13H,12H2,1-4H3,(H,21,25)/b18-11+. The molecule has 2 aromatic rings. The second-order valence-electron chi connectivity index (χ2n) is 6.66. The summed E-state index contributed by atoms with van der Waals surface area (Å²) in [5, 5.41) is 2.70. The Labute approximate surface area is 147 Å². The van der Waals surface area contributed by atoms with Crippen LogP contribution in [0.25, 0.3) is 6.08 Å². The molecule has 0 radical (unpaired) electrons. The maximum Gasteiger partial charge on any atom is 0.329 e. The molecule has 1 aromatic carbocycles. The van der Waals surface area contributed by atoms with E-state index in [1.165, 1.54) is 4.90 Å². The molecule has 5 heteroatoms. The van der Waals surface area contributed by atoms with E-state index < -0.39 is 0 Å². The second kappa shape index (κ2) is 6.59. The lowest BCUT2D eigenvalue weighted by molar-refractivity contribution is -0.123. The van der Waals surface area contributed by atoms with Crippen LogP contribution in [-0.4, -0.2) is 21.4 Å². The highest BCUT2D eigenvalue weighted by molar-refractivity contribution is 6.13. The quantitative estimate of drug-likeness (QED) is 0.682. The molecule has 25 heavy (non-hydrogen) atoms. The van der Waals surface area contributed by atoms with Gasteiger partial charge < -0.3 is 9.88 Å². The van der Waals surface area contributed by atoms with E-state index in [0.29, 0.717) is 11.7 Å². The molecule has 0 unspecified atom stereocenters. The Kier molecular flexibility index (Phi) is 4.49. The van der Waals surface area contributed by atoms with Crippen LogP contribution < -0.4 is 5.32 Å². The van der Waals surface area contributed by atoms with Crippen LogP contribution in [0.4, 0.5) is 4.79 Å². The lowest BCUT2D eigenvalue weighted by atomic mass is 10.2. The number of benzene rings is 1. The highest BCUT2D eigenvalue weighted by atomic mass is 16.2. The average Bonchev–Trinajstić information content (AvgIpc) is 2.99. The van der Waals surface area contributed by atoms with Crippen LogP contribution in [0.2, 0.25) is 0 Å². The van der Waals surface area contributed by atoms with Crippen molar-refractivity contribution in [2.45, 2.75) is 40.3 Å². The highest BCUT2D eigenvalue weighted by Crippen LogP contribution is 2.24. The van der Waals surface area contributed by atoms with Crippen molar-refractivity contribution in [2.75, 3.05) is 0 Å². The van der Waals surface area contributed by atoms with Crippen molar-refractivity contribution in [3.63, 3.8) is 0 Å². The van der Waals surface area contributed by atoms with E-state index in [1.807, 2.05) is 50.2 Å². The first-order chi connectivity index (χ1) is 11.9. The van der Waals surface area contributed by atoms with E-state index in [4.69, 9.17) is 0 Å². The van der Waals surface area contributed by atoms with Crippen molar-refractivity contribution in [1.29, 1.82) is 0 Å². The minimum absolute atomic E-state index is 0.272. The van der Waals surface area contributed by atoms with Crippen LogP contribution in [0.3, 0.4) is 0 Å². The molecule has 2 heterocycles. The SMILES string of the molecule is Cc1cc(/C=C2/NC(=O)N(Cc3ccccc3)C2=O)c(C)n1C(C)C. The van der Waals surface area contributed by atoms with Gasteiger partial charge in [0.05, 0.1) is 6.54 Å². The summed E-state index contributed by atoms with van der Waals surface area (Å²) >= 11 is 0. The number of imide groups is 1. The molecule has 5 nitrogen and oxygen atoms in total. The smallest absolute Gasteiger partial charge is 0.329 e. The zero-order valence-corrected chi connectivity index (χ0v) is 15.0. The zero-order chi connectivity index (χ0) is 18.1.